The molecule has 1 fully saturated rings. The van der Waals surface area contributed by atoms with E-state index in [4.69, 9.17) is 4.74 Å². The number of fused-ring (bicyclic) bond motifs is 1. The first-order valence-corrected chi connectivity index (χ1v) is 9.57. The number of nitrogens with one attached hydrogen (secondary N) is 1. The predicted molar refractivity (Wildman–Crippen MR) is 102 cm³/mol. The lowest BCUT2D eigenvalue weighted by molar-refractivity contribution is -0.134. The fraction of sp³-hybridized carbons (Fsp3) is 0.409. The second kappa shape index (κ2) is 8.02. The Labute approximate surface area is 155 Å². The number of hydrogen-bond donors (Lipinski definition) is 1. The Hall–Kier alpha value is -2.17. The summed E-state index contributed by atoms with van der Waals surface area (Å²) in [5.74, 6) is -0.0536. The molecule has 0 saturated carbocycles. The molecule has 1 atom stereocenters. The highest BCUT2D eigenvalue weighted by molar-refractivity contribution is 5.82. The van der Waals surface area contributed by atoms with Crippen molar-refractivity contribution in [3.8, 4) is 0 Å². The van der Waals surface area contributed by atoms with Crippen molar-refractivity contribution in [1.29, 1.82) is 0 Å². The molecule has 4 heteroatoms. The lowest BCUT2D eigenvalue weighted by Crippen LogP contribution is -2.33. The Kier molecular flexibility index (Phi) is 5.32. The predicted octanol–water partition coefficient (Wildman–Crippen LogP) is 3.21. The van der Waals surface area contributed by atoms with Gasteiger partial charge in [-0.05, 0) is 54.6 Å². The van der Waals surface area contributed by atoms with Crippen LogP contribution in [0.3, 0.4) is 0 Å². The van der Waals surface area contributed by atoms with Crippen molar-refractivity contribution in [2.45, 2.75) is 38.5 Å². The van der Waals surface area contributed by atoms with E-state index in [1.54, 1.807) is 0 Å². The zero-order valence-corrected chi connectivity index (χ0v) is 15.1. The third-order valence-electron chi connectivity index (χ3n) is 5.29. The maximum absolute atomic E-state index is 12.7. The summed E-state index contributed by atoms with van der Waals surface area (Å²) in [5, 5.41) is 3.05. The summed E-state index contributed by atoms with van der Waals surface area (Å²) in [6.07, 6.45) is 2.99. The minimum absolute atomic E-state index is 0.0536. The molecule has 0 aliphatic carbocycles. The molecule has 0 radical (unpaired) electrons. The zero-order valence-electron chi connectivity index (χ0n) is 15.1. The second-order valence-electron chi connectivity index (χ2n) is 7.22. The second-order valence-corrected chi connectivity index (χ2v) is 7.22. The minimum atomic E-state index is -0.493. The highest BCUT2D eigenvalue weighted by Gasteiger charge is 2.26. The Morgan fingerprint density at radius 3 is 2.77 bits per heavy atom. The molecule has 0 bridgehead atoms. The molecule has 2 aromatic rings. The maximum atomic E-state index is 12.7. The van der Waals surface area contributed by atoms with Gasteiger partial charge in [0.05, 0.1) is 6.61 Å². The standard InChI is InChI=1S/C22H26N2O2/c25-22(21-20-9-2-1-8-19(20)10-13-26-21)23-15-17-6-5-7-18(14-17)16-24-11-3-4-12-24/h1-2,5-9,14,21H,3-4,10-13,15-16H2,(H,23,25). The van der Waals surface area contributed by atoms with Gasteiger partial charge in [-0.1, -0.05) is 48.5 Å². The molecule has 1 saturated heterocycles. The summed E-state index contributed by atoms with van der Waals surface area (Å²) < 4.78 is 5.75. The summed E-state index contributed by atoms with van der Waals surface area (Å²) >= 11 is 0. The van der Waals surface area contributed by atoms with Crippen molar-refractivity contribution in [2.75, 3.05) is 19.7 Å². The van der Waals surface area contributed by atoms with Gasteiger partial charge in [0.25, 0.3) is 5.91 Å². The minimum Gasteiger partial charge on any atom is -0.363 e. The molecular weight excluding hydrogens is 324 g/mol. The first-order valence-electron chi connectivity index (χ1n) is 9.57. The molecule has 4 nitrogen and oxygen atoms in total. The Bertz CT molecular complexity index is 768. The normalized spacial score (nSPS) is 19.9. The van der Waals surface area contributed by atoms with E-state index in [1.807, 2.05) is 18.2 Å². The third-order valence-corrected chi connectivity index (χ3v) is 5.29. The fourth-order valence-electron chi connectivity index (χ4n) is 3.93. The Balaban J connectivity index is 1.37. The molecule has 0 aromatic heterocycles. The van der Waals surface area contributed by atoms with Gasteiger partial charge in [0, 0.05) is 13.1 Å². The molecule has 0 spiro atoms. The number of ether oxygens (including phenoxy) is 1. The highest BCUT2D eigenvalue weighted by Crippen LogP contribution is 2.27. The average Bonchev–Trinajstić information content (AvgIpc) is 3.19. The van der Waals surface area contributed by atoms with Crippen LogP contribution in [0.25, 0.3) is 0 Å². The molecule has 2 aliphatic rings. The van der Waals surface area contributed by atoms with Crippen LogP contribution in [0.2, 0.25) is 0 Å². The van der Waals surface area contributed by atoms with Crippen LogP contribution >= 0.6 is 0 Å². The summed E-state index contributed by atoms with van der Waals surface area (Å²) in [6.45, 7) is 4.52. The van der Waals surface area contributed by atoms with Gasteiger partial charge < -0.3 is 10.1 Å². The SMILES string of the molecule is O=C(NCc1cccc(CN2CCCC2)c1)C1OCCc2ccccc21. The van der Waals surface area contributed by atoms with Gasteiger partial charge in [-0.25, -0.2) is 0 Å². The molecule has 4 rings (SSSR count). The molecular formula is C22H26N2O2. The van der Waals surface area contributed by atoms with E-state index < -0.39 is 6.10 Å². The van der Waals surface area contributed by atoms with Crippen molar-refractivity contribution >= 4 is 5.91 Å². The van der Waals surface area contributed by atoms with Gasteiger partial charge in [-0.2, -0.15) is 0 Å². The number of carbonyl (C=O) groups is 1. The fourth-order valence-corrected chi connectivity index (χ4v) is 3.93. The van der Waals surface area contributed by atoms with E-state index in [1.165, 1.54) is 37.1 Å². The van der Waals surface area contributed by atoms with Crippen LogP contribution in [0.4, 0.5) is 0 Å². The van der Waals surface area contributed by atoms with Gasteiger partial charge in [0.2, 0.25) is 0 Å². The van der Waals surface area contributed by atoms with Crippen molar-refractivity contribution in [1.82, 2.24) is 10.2 Å². The number of likely N-dealkylation sites (tertiary alicyclic amines) is 1. The van der Waals surface area contributed by atoms with Crippen molar-refractivity contribution in [2.24, 2.45) is 0 Å². The zero-order chi connectivity index (χ0) is 17.8. The third kappa shape index (κ3) is 3.97. The summed E-state index contributed by atoms with van der Waals surface area (Å²) in [5.41, 5.74) is 4.67. The number of nitrogens with zero attached hydrogens (tertiary/aromatic N) is 1. The lowest BCUT2D eigenvalue weighted by Gasteiger charge is -2.25. The summed E-state index contributed by atoms with van der Waals surface area (Å²) in [4.78, 5) is 15.1. The molecule has 1 amide bonds. The van der Waals surface area contributed by atoms with Crippen LogP contribution in [0.5, 0.6) is 0 Å². The largest absolute Gasteiger partial charge is 0.363 e. The van der Waals surface area contributed by atoms with Gasteiger partial charge in [-0.15, -0.1) is 0 Å². The first kappa shape index (κ1) is 17.3. The van der Waals surface area contributed by atoms with Gasteiger partial charge in [0.15, 0.2) is 6.10 Å². The van der Waals surface area contributed by atoms with Crippen LogP contribution in [-0.2, 0) is 29.0 Å². The van der Waals surface area contributed by atoms with Crippen molar-refractivity contribution in [3.05, 3.63) is 70.8 Å². The van der Waals surface area contributed by atoms with Crippen LogP contribution in [0.1, 0.15) is 41.2 Å². The maximum Gasteiger partial charge on any atom is 0.254 e. The van der Waals surface area contributed by atoms with E-state index in [9.17, 15) is 4.79 Å². The van der Waals surface area contributed by atoms with E-state index >= 15 is 0 Å². The molecule has 136 valence electrons. The van der Waals surface area contributed by atoms with Crippen molar-refractivity contribution in [3.63, 3.8) is 0 Å². The average molecular weight is 350 g/mol. The molecule has 1 unspecified atom stereocenters. The van der Waals surface area contributed by atoms with Crippen LogP contribution < -0.4 is 5.32 Å². The first-order chi connectivity index (χ1) is 12.8. The smallest absolute Gasteiger partial charge is 0.254 e. The highest BCUT2D eigenvalue weighted by atomic mass is 16.5. The molecule has 2 aromatic carbocycles. The molecule has 26 heavy (non-hydrogen) atoms. The number of rotatable bonds is 5. The number of amides is 1. The van der Waals surface area contributed by atoms with E-state index in [0.717, 1.165) is 24.1 Å². The van der Waals surface area contributed by atoms with E-state index in [-0.39, 0.29) is 5.91 Å². The van der Waals surface area contributed by atoms with Gasteiger partial charge >= 0.3 is 0 Å². The van der Waals surface area contributed by atoms with Gasteiger partial charge in [-0.3, -0.25) is 9.69 Å². The van der Waals surface area contributed by atoms with Crippen LogP contribution in [0.15, 0.2) is 48.5 Å². The van der Waals surface area contributed by atoms with Crippen LogP contribution in [0, 0.1) is 0 Å². The number of benzene rings is 2. The monoisotopic (exact) mass is 350 g/mol. The Morgan fingerprint density at radius 1 is 1.08 bits per heavy atom. The number of carbonyl (C=O) groups excluding carboxylic acids is 1. The Morgan fingerprint density at radius 2 is 1.88 bits per heavy atom. The van der Waals surface area contributed by atoms with E-state index in [2.05, 4.69) is 40.5 Å². The molecule has 1 N–H and O–H groups in total. The van der Waals surface area contributed by atoms with Crippen molar-refractivity contribution < 1.29 is 9.53 Å². The summed E-state index contributed by atoms with van der Waals surface area (Å²) in [6, 6.07) is 16.6. The molecule has 2 heterocycles. The topological polar surface area (TPSA) is 41.6 Å². The molecule has 2 aliphatic heterocycles. The quantitative estimate of drug-likeness (QED) is 0.900. The van der Waals surface area contributed by atoms with Crippen LogP contribution in [-0.4, -0.2) is 30.5 Å². The van der Waals surface area contributed by atoms with E-state index in [0.29, 0.717) is 13.2 Å². The lowest BCUT2D eigenvalue weighted by atomic mass is 9.97. The summed E-state index contributed by atoms with van der Waals surface area (Å²) in [7, 11) is 0. The number of hydrogen-bond acceptors (Lipinski definition) is 3. The van der Waals surface area contributed by atoms with Gasteiger partial charge in [0.1, 0.15) is 0 Å².